The number of nitrogens with one attached hydrogen (secondary N) is 2. The van der Waals surface area contributed by atoms with E-state index in [1.807, 2.05) is 32.2 Å². The van der Waals surface area contributed by atoms with Crippen molar-refractivity contribution < 1.29 is 37.0 Å². The summed E-state index contributed by atoms with van der Waals surface area (Å²) in [5, 5.41) is 8.15. The quantitative estimate of drug-likeness (QED) is 0.0784. The average Bonchev–Trinajstić information content (AvgIpc) is 4.11. The number of hydrogen-bond donors (Lipinski definition) is 2. The van der Waals surface area contributed by atoms with Crippen LogP contribution in [-0.2, 0) is 43.2 Å². The summed E-state index contributed by atoms with van der Waals surface area (Å²) in [6.07, 6.45) is 8.54. The number of piperidine rings is 1. The second-order valence-corrected chi connectivity index (χ2v) is 21.9. The average molecular weight is 978 g/mol. The first-order chi connectivity index (χ1) is 33.0. The number of carbonyl (C=O) groups is 3. The standard InChI is InChI=1S/C53H74F3N7O5S/c1-8-35(3)28-52(9-2)21-15-24-61(31-52)47(37-16-10-11-17-37)49(65)60-42(50(66)63-25-13-12-23-58-63)27-45-59-43(30-69-45)38-19-20-44-40(26-38)41(29-51(5,6)33-68-34-64)48(62(44)32-53(54,55)56)39-18-14-22-57-46(39)36(4)67-7/h14,18-20,22,26,30,34-37,42,47,58H,8-13,15-17,21,23-25,27-29,31-33H2,1-7H3,(H,60,65). The molecule has 69 heavy (non-hydrogen) atoms. The number of alkyl halides is 3. The van der Waals surface area contributed by atoms with Gasteiger partial charge in [0.2, 0.25) is 5.91 Å². The number of thiazole rings is 1. The number of hydrazine groups is 1. The van der Waals surface area contributed by atoms with Crippen molar-refractivity contribution >= 4 is 40.5 Å². The van der Waals surface area contributed by atoms with Crippen molar-refractivity contribution in [1.29, 1.82) is 0 Å². The third-order valence-corrected chi connectivity index (χ3v) is 16.1. The fraction of sp³-hybridized carbons (Fsp3) is 0.642. The third-order valence-electron chi connectivity index (χ3n) is 15.2. The Hall–Kier alpha value is -4.38. The molecule has 2 saturated heterocycles. The van der Waals surface area contributed by atoms with Crippen LogP contribution in [0.1, 0.15) is 135 Å². The monoisotopic (exact) mass is 978 g/mol. The number of carbonyl (C=O) groups excluding carboxylic acids is 3. The summed E-state index contributed by atoms with van der Waals surface area (Å²) >= 11 is 1.40. The zero-order valence-corrected chi connectivity index (χ0v) is 42.6. The molecular formula is C53H74F3N7O5S. The van der Waals surface area contributed by atoms with Crippen LogP contribution in [0.4, 0.5) is 13.2 Å². The van der Waals surface area contributed by atoms with Crippen LogP contribution < -0.4 is 10.7 Å². The van der Waals surface area contributed by atoms with Gasteiger partial charge in [-0.3, -0.25) is 29.3 Å². The second-order valence-electron chi connectivity index (χ2n) is 21.0. The van der Waals surface area contributed by atoms with Gasteiger partial charge in [-0.15, -0.1) is 11.3 Å². The van der Waals surface area contributed by atoms with Gasteiger partial charge >= 0.3 is 6.18 Å². The molecule has 4 aromatic rings. The number of ether oxygens (including phenoxy) is 2. The van der Waals surface area contributed by atoms with E-state index in [0.717, 1.165) is 77.3 Å². The summed E-state index contributed by atoms with van der Waals surface area (Å²) in [5.41, 5.74) is 6.46. The van der Waals surface area contributed by atoms with E-state index in [1.54, 1.807) is 35.5 Å². The minimum atomic E-state index is -4.56. The van der Waals surface area contributed by atoms with Gasteiger partial charge in [-0.2, -0.15) is 13.2 Å². The molecule has 0 radical (unpaired) electrons. The van der Waals surface area contributed by atoms with Gasteiger partial charge in [0.1, 0.15) is 12.6 Å². The van der Waals surface area contributed by atoms with Crippen LogP contribution in [0.2, 0.25) is 0 Å². The SMILES string of the molecule is CCC(C)CC1(CC)CCCN(C(C(=O)NC(Cc2nc(-c3ccc4c(c3)c(CC(C)(C)COC=O)c(-c3cccnc3C(C)OC)n4CC(F)(F)F)cs2)C(=O)N2CCCCN2)C2CCCC2)C1. The maximum atomic E-state index is 15.0. The molecular weight excluding hydrogens is 904 g/mol. The third kappa shape index (κ3) is 12.6. The van der Waals surface area contributed by atoms with Crippen molar-refractivity contribution in [1.82, 2.24) is 35.2 Å². The molecule has 3 aromatic heterocycles. The van der Waals surface area contributed by atoms with Crippen LogP contribution in [-0.4, -0.2) is 101 Å². The van der Waals surface area contributed by atoms with Gasteiger partial charge in [-0.1, -0.05) is 59.9 Å². The number of hydrogen-bond acceptors (Lipinski definition) is 10. The summed E-state index contributed by atoms with van der Waals surface area (Å²) in [5.74, 6) is 0.555. The van der Waals surface area contributed by atoms with Crippen molar-refractivity contribution in [2.45, 2.75) is 156 Å². The zero-order valence-electron chi connectivity index (χ0n) is 41.8. The molecule has 1 aliphatic carbocycles. The Bertz CT molecular complexity index is 2370. The molecule has 378 valence electrons. The molecule has 5 atom stereocenters. The lowest BCUT2D eigenvalue weighted by molar-refractivity contribution is -0.142. The number of likely N-dealkylation sites (tertiary alicyclic amines) is 1. The van der Waals surface area contributed by atoms with Crippen LogP contribution in [0, 0.1) is 22.7 Å². The van der Waals surface area contributed by atoms with Gasteiger partial charge in [0, 0.05) is 72.2 Å². The Morgan fingerprint density at radius 1 is 1.07 bits per heavy atom. The fourth-order valence-corrected chi connectivity index (χ4v) is 12.3. The summed E-state index contributed by atoms with van der Waals surface area (Å²) in [7, 11) is 1.54. The first-order valence-corrected chi connectivity index (χ1v) is 26.2. The van der Waals surface area contributed by atoms with Gasteiger partial charge < -0.3 is 19.4 Å². The first kappa shape index (κ1) is 52.4. The molecule has 16 heteroatoms. The molecule has 3 aliphatic rings. The highest BCUT2D eigenvalue weighted by Gasteiger charge is 2.44. The number of aromatic nitrogens is 3. The van der Waals surface area contributed by atoms with Crippen LogP contribution in [0.15, 0.2) is 41.9 Å². The van der Waals surface area contributed by atoms with Crippen molar-refractivity contribution in [2.24, 2.45) is 22.7 Å². The summed E-state index contributed by atoms with van der Waals surface area (Å²) in [6.45, 7) is 14.7. The van der Waals surface area contributed by atoms with E-state index in [1.165, 1.54) is 29.4 Å². The van der Waals surface area contributed by atoms with Crippen molar-refractivity contribution in [3.05, 3.63) is 58.2 Å². The molecule has 2 amide bonds. The van der Waals surface area contributed by atoms with E-state index in [9.17, 15) is 27.6 Å². The van der Waals surface area contributed by atoms with Crippen molar-refractivity contribution in [3.63, 3.8) is 0 Å². The Morgan fingerprint density at radius 2 is 1.86 bits per heavy atom. The lowest BCUT2D eigenvalue weighted by atomic mass is 9.71. The Labute approximate surface area is 410 Å². The zero-order chi connectivity index (χ0) is 49.5. The minimum Gasteiger partial charge on any atom is -0.467 e. The second kappa shape index (κ2) is 22.8. The van der Waals surface area contributed by atoms with Gasteiger partial charge in [0.05, 0.1) is 40.8 Å². The molecule has 3 fully saturated rings. The van der Waals surface area contributed by atoms with Crippen molar-refractivity contribution in [2.75, 3.05) is 39.9 Å². The van der Waals surface area contributed by atoms with E-state index in [2.05, 4.69) is 41.4 Å². The van der Waals surface area contributed by atoms with Gasteiger partial charge in [0.25, 0.3) is 12.4 Å². The lowest BCUT2D eigenvalue weighted by Gasteiger charge is -2.47. The maximum absolute atomic E-state index is 15.0. The summed E-state index contributed by atoms with van der Waals surface area (Å²) < 4.78 is 56.1. The fourth-order valence-electron chi connectivity index (χ4n) is 11.4. The molecule has 5 heterocycles. The smallest absolute Gasteiger partial charge is 0.406 e. The topological polar surface area (TPSA) is 131 Å². The van der Waals surface area contributed by atoms with Crippen LogP contribution >= 0.6 is 11.3 Å². The van der Waals surface area contributed by atoms with E-state index >= 15 is 0 Å². The number of halogens is 3. The van der Waals surface area contributed by atoms with Crippen LogP contribution in [0.5, 0.6) is 0 Å². The predicted octanol–water partition coefficient (Wildman–Crippen LogP) is 10.5. The largest absolute Gasteiger partial charge is 0.467 e. The normalized spacial score (nSPS) is 20.5. The van der Waals surface area contributed by atoms with Gasteiger partial charge in [-0.25, -0.2) is 10.4 Å². The maximum Gasteiger partial charge on any atom is 0.406 e. The van der Waals surface area contributed by atoms with Crippen LogP contribution in [0.3, 0.4) is 0 Å². The molecule has 1 aromatic carbocycles. The minimum absolute atomic E-state index is 0.0476. The van der Waals surface area contributed by atoms with E-state index in [-0.39, 0.29) is 48.6 Å². The summed E-state index contributed by atoms with van der Waals surface area (Å²) in [4.78, 5) is 53.0. The molecule has 1 saturated carbocycles. The van der Waals surface area contributed by atoms with Gasteiger partial charge in [0.15, 0.2) is 0 Å². The number of methoxy groups -OCH3 is 1. The highest BCUT2D eigenvalue weighted by Crippen LogP contribution is 2.45. The number of rotatable bonds is 21. The number of benzene rings is 1. The molecule has 5 unspecified atom stereocenters. The highest BCUT2D eigenvalue weighted by molar-refractivity contribution is 7.10. The van der Waals surface area contributed by atoms with Crippen molar-refractivity contribution in [3.8, 4) is 22.5 Å². The molecule has 12 nitrogen and oxygen atoms in total. The molecule has 7 rings (SSSR count). The van der Waals surface area contributed by atoms with Gasteiger partial charge in [-0.05, 0) is 118 Å². The van der Waals surface area contributed by atoms with Crippen LogP contribution in [0.25, 0.3) is 33.4 Å². The molecule has 2 aliphatic heterocycles. The molecule has 0 spiro atoms. The first-order valence-electron chi connectivity index (χ1n) is 25.3. The summed E-state index contributed by atoms with van der Waals surface area (Å²) in [6, 6.07) is 7.68. The number of nitrogens with zero attached hydrogens (tertiary/aromatic N) is 5. The number of amides is 2. The highest BCUT2D eigenvalue weighted by atomic mass is 32.1. The van der Waals surface area contributed by atoms with E-state index < -0.39 is 30.3 Å². The predicted molar refractivity (Wildman–Crippen MR) is 265 cm³/mol. The Balaban J connectivity index is 1.25. The number of pyridine rings is 1. The molecule has 2 N–H and O–H groups in total. The number of fused-ring (bicyclic) bond motifs is 1. The van der Waals surface area contributed by atoms with E-state index in [4.69, 9.17) is 14.5 Å². The molecule has 0 bridgehead atoms. The Kier molecular flexibility index (Phi) is 17.3. The lowest BCUT2D eigenvalue weighted by Crippen LogP contribution is -2.61. The Morgan fingerprint density at radius 3 is 2.54 bits per heavy atom. The van der Waals surface area contributed by atoms with E-state index in [0.29, 0.717) is 75.2 Å².